The lowest BCUT2D eigenvalue weighted by atomic mass is 10.3. The predicted molar refractivity (Wildman–Crippen MR) is 62.2 cm³/mol. The van der Waals surface area contributed by atoms with Gasteiger partial charge < -0.3 is 10.6 Å². The first kappa shape index (κ1) is 9.92. The third-order valence-corrected chi connectivity index (χ3v) is 2.96. The van der Waals surface area contributed by atoms with Crippen LogP contribution in [0.3, 0.4) is 0 Å². The number of rotatable bonds is 3. The standard InChI is InChI=1S/C10H11N3OS/c1-11-9(14)6-13-10-7-3-5-15-8(7)2-4-12-10/h2-5H,6H2,1H3,(H,11,14)(H,12,13). The zero-order valence-electron chi connectivity index (χ0n) is 8.28. The first-order valence-corrected chi connectivity index (χ1v) is 5.46. The quantitative estimate of drug-likeness (QED) is 0.825. The molecule has 0 unspecified atom stereocenters. The van der Waals surface area contributed by atoms with Gasteiger partial charge in [-0.25, -0.2) is 4.98 Å². The summed E-state index contributed by atoms with van der Waals surface area (Å²) in [7, 11) is 1.61. The van der Waals surface area contributed by atoms with Crippen LogP contribution in [0.4, 0.5) is 5.82 Å². The Bertz CT molecular complexity index is 480. The van der Waals surface area contributed by atoms with Crippen molar-refractivity contribution < 1.29 is 4.79 Å². The van der Waals surface area contributed by atoms with Crippen molar-refractivity contribution in [3.8, 4) is 0 Å². The number of hydrogen-bond donors (Lipinski definition) is 2. The first-order valence-electron chi connectivity index (χ1n) is 4.58. The predicted octanol–water partition coefficient (Wildman–Crippen LogP) is 1.45. The van der Waals surface area contributed by atoms with Crippen molar-refractivity contribution >= 4 is 33.1 Å². The number of aromatic nitrogens is 1. The number of hydrogen-bond acceptors (Lipinski definition) is 4. The third-order valence-electron chi connectivity index (χ3n) is 2.08. The lowest BCUT2D eigenvalue weighted by Gasteiger charge is -2.05. The molecule has 0 spiro atoms. The number of nitrogens with one attached hydrogen (secondary N) is 2. The van der Waals surface area contributed by atoms with Gasteiger partial charge in [0.2, 0.25) is 5.91 Å². The number of nitrogens with zero attached hydrogens (tertiary/aromatic N) is 1. The summed E-state index contributed by atoms with van der Waals surface area (Å²) in [5, 5.41) is 8.63. The highest BCUT2D eigenvalue weighted by atomic mass is 32.1. The zero-order valence-corrected chi connectivity index (χ0v) is 9.10. The summed E-state index contributed by atoms with van der Waals surface area (Å²) in [6.07, 6.45) is 1.74. The number of thiophene rings is 1. The van der Waals surface area contributed by atoms with E-state index in [0.29, 0.717) is 0 Å². The number of likely N-dealkylation sites (N-methyl/N-ethyl adjacent to an activating group) is 1. The maximum Gasteiger partial charge on any atom is 0.239 e. The number of amides is 1. The summed E-state index contributed by atoms with van der Waals surface area (Å²) >= 11 is 1.66. The summed E-state index contributed by atoms with van der Waals surface area (Å²) in [6, 6.07) is 3.96. The van der Waals surface area contributed by atoms with E-state index in [1.165, 1.54) is 4.70 Å². The molecule has 0 aliphatic heterocycles. The Morgan fingerprint density at radius 1 is 1.53 bits per heavy atom. The van der Waals surface area contributed by atoms with E-state index < -0.39 is 0 Å². The maximum atomic E-state index is 11.1. The van der Waals surface area contributed by atoms with E-state index in [2.05, 4.69) is 15.6 Å². The number of carbonyl (C=O) groups is 1. The molecule has 2 N–H and O–H groups in total. The van der Waals surface area contributed by atoms with E-state index in [1.807, 2.05) is 17.5 Å². The van der Waals surface area contributed by atoms with Crippen molar-refractivity contribution in [1.29, 1.82) is 0 Å². The third kappa shape index (κ3) is 2.07. The molecule has 0 aliphatic carbocycles. The topological polar surface area (TPSA) is 54.0 Å². The minimum atomic E-state index is -0.0518. The van der Waals surface area contributed by atoms with Crippen LogP contribution in [0.1, 0.15) is 0 Å². The van der Waals surface area contributed by atoms with Crippen LogP contribution in [0, 0.1) is 0 Å². The molecule has 0 aliphatic rings. The Balaban J connectivity index is 2.20. The van der Waals surface area contributed by atoms with Crippen LogP contribution in [0.2, 0.25) is 0 Å². The van der Waals surface area contributed by atoms with Gasteiger partial charge in [-0.2, -0.15) is 0 Å². The molecule has 78 valence electrons. The van der Waals surface area contributed by atoms with Gasteiger partial charge in [-0.1, -0.05) is 0 Å². The number of carbonyl (C=O) groups excluding carboxylic acids is 1. The van der Waals surface area contributed by atoms with Crippen molar-refractivity contribution in [2.24, 2.45) is 0 Å². The average molecular weight is 221 g/mol. The Kier molecular flexibility index (Phi) is 2.82. The Morgan fingerprint density at radius 3 is 3.20 bits per heavy atom. The number of pyridine rings is 1. The summed E-state index contributed by atoms with van der Waals surface area (Å²) in [4.78, 5) is 15.3. The average Bonchev–Trinajstić information content (AvgIpc) is 2.74. The van der Waals surface area contributed by atoms with Gasteiger partial charge in [0.05, 0.1) is 6.54 Å². The highest BCUT2D eigenvalue weighted by molar-refractivity contribution is 7.17. The van der Waals surface area contributed by atoms with Crippen molar-refractivity contribution in [2.75, 3.05) is 18.9 Å². The molecular formula is C10H11N3OS. The lowest BCUT2D eigenvalue weighted by molar-refractivity contribution is -0.118. The maximum absolute atomic E-state index is 11.1. The van der Waals surface area contributed by atoms with Gasteiger partial charge in [0.25, 0.3) is 0 Å². The van der Waals surface area contributed by atoms with Gasteiger partial charge in [-0.3, -0.25) is 4.79 Å². The Morgan fingerprint density at radius 2 is 2.40 bits per heavy atom. The highest BCUT2D eigenvalue weighted by Crippen LogP contribution is 2.25. The fourth-order valence-electron chi connectivity index (χ4n) is 1.29. The molecule has 2 heterocycles. The van der Waals surface area contributed by atoms with Crippen LogP contribution in [0.5, 0.6) is 0 Å². The molecule has 2 aromatic heterocycles. The van der Waals surface area contributed by atoms with E-state index in [0.717, 1.165) is 11.2 Å². The molecule has 0 saturated heterocycles. The molecule has 15 heavy (non-hydrogen) atoms. The smallest absolute Gasteiger partial charge is 0.239 e. The molecule has 0 bridgehead atoms. The van der Waals surface area contributed by atoms with Crippen LogP contribution in [-0.2, 0) is 4.79 Å². The van der Waals surface area contributed by atoms with E-state index >= 15 is 0 Å². The molecule has 0 atom stereocenters. The van der Waals surface area contributed by atoms with Crippen LogP contribution in [0.25, 0.3) is 10.1 Å². The Labute approximate surface area is 91.3 Å². The van der Waals surface area contributed by atoms with Crippen LogP contribution in [-0.4, -0.2) is 24.5 Å². The molecule has 2 rings (SSSR count). The fraction of sp³-hybridized carbons (Fsp3) is 0.200. The van der Waals surface area contributed by atoms with E-state index in [4.69, 9.17) is 0 Å². The second-order valence-electron chi connectivity index (χ2n) is 3.02. The minimum absolute atomic E-state index is 0.0518. The molecule has 0 fully saturated rings. The van der Waals surface area contributed by atoms with Gasteiger partial charge in [0, 0.05) is 23.3 Å². The normalized spacial score (nSPS) is 10.2. The monoisotopic (exact) mass is 221 g/mol. The van der Waals surface area contributed by atoms with Crippen molar-refractivity contribution in [3.05, 3.63) is 23.7 Å². The molecular weight excluding hydrogens is 210 g/mol. The molecule has 5 heteroatoms. The van der Waals surface area contributed by atoms with Crippen molar-refractivity contribution in [1.82, 2.24) is 10.3 Å². The van der Waals surface area contributed by atoms with Gasteiger partial charge >= 0.3 is 0 Å². The van der Waals surface area contributed by atoms with Gasteiger partial charge in [0.15, 0.2) is 0 Å². The van der Waals surface area contributed by atoms with Crippen LogP contribution >= 0.6 is 11.3 Å². The zero-order chi connectivity index (χ0) is 10.7. The number of fused-ring (bicyclic) bond motifs is 1. The molecule has 2 aromatic rings. The number of anilines is 1. The second kappa shape index (κ2) is 4.27. The largest absolute Gasteiger partial charge is 0.360 e. The summed E-state index contributed by atoms with van der Waals surface area (Å²) in [5.41, 5.74) is 0. The molecule has 0 saturated carbocycles. The van der Waals surface area contributed by atoms with Crippen LogP contribution in [0.15, 0.2) is 23.7 Å². The van der Waals surface area contributed by atoms with Gasteiger partial charge in [-0.05, 0) is 17.5 Å². The molecule has 4 nitrogen and oxygen atoms in total. The fourth-order valence-corrected chi connectivity index (χ4v) is 2.07. The summed E-state index contributed by atoms with van der Waals surface area (Å²) < 4.78 is 1.17. The van der Waals surface area contributed by atoms with Crippen LogP contribution < -0.4 is 10.6 Å². The first-order chi connectivity index (χ1) is 7.31. The van der Waals surface area contributed by atoms with Crippen molar-refractivity contribution in [2.45, 2.75) is 0 Å². The van der Waals surface area contributed by atoms with Gasteiger partial charge in [-0.15, -0.1) is 11.3 Å². The lowest BCUT2D eigenvalue weighted by Crippen LogP contribution is -2.26. The van der Waals surface area contributed by atoms with Gasteiger partial charge in [0.1, 0.15) is 5.82 Å². The van der Waals surface area contributed by atoms with E-state index in [-0.39, 0.29) is 12.5 Å². The summed E-state index contributed by atoms with van der Waals surface area (Å²) in [5.74, 6) is 0.710. The minimum Gasteiger partial charge on any atom is -0.360 e. The van der Waals surface area contributed by atoms with Crippen molar-refractivity contribution in [3.63, 3.8) is 0 Å². The van der Waals surface area contributed by atoms with E-state index in [1.54, 1.807) is 24.6 Å². The highest BCUT2D eigenvalue weighted by Gasteiger charge is 2.04. The SMILES string of the molecule is CNC(=O)CNc1nccc2sccc12. The molecule has 1 amide bonds. The van der Waals surface area contributed by atoms with E-state index in [9.17, 15) is 4.79 Å². The molecule has 0 radical (unpaired) electrons. The molecule has 0 aromatic carbocycles. The second-order valence-corrected chi connectivity index (χ2v) is 3.97. The Hall–Kier alpha value is -1.62. The summed E-state index contributed by atoms with van der Waals surface area (Å²) in [6.45, 7) is 0.248.